The Balaban J connectivity index is 1.75. The van der Waals surface area contributed by atoms with Crippen LogP contribution in [0.25, 0.3) is 6.08 Å². The van der Waals surface area contributed by atoms with Gasteiger partial charge in [-0.15, -0.1) is 0 Å². The molecule has 0 saturated heterocycles. The quantitative estimate of drug-likeness (QED) is 0.619. The Morgan fingerprint density at radius 1 is 1.11 bits per heavy atom. The highest BCUT2D eigenvalue weighted by Gasteiger charge is 2.25. The van der Waals surface area contributed by atoms with Crippen LogP contribution in [0.5, 0.6) is 0 Å². The van der Waals surface area contributed by atoms with Gasteiger partial charge in [0.05, 0.1) is 0 Å². The van der Waals surface area contributed by atoms with Gasteiger partial charge in [0.25, 0.3) is 0 Å². The molecular formula is C23H27ClN2O. The second-order valence-electron chi connectivity index (χ2n) is 7.26. The van der Waals surface area contributed by atoms with Crippen molar-refractivity contribution in [3.8, 4) is 0 Å². The SMILES string of the molecule is C/C(=C\c1ccccc1)CN(C(=O)Nc1cccc(Cl)c1)C1CCCCC1. The van der Waals surface area contributed by atoms with Gasteiger partial charge in [-0.25, -0.2) is 4.79 Å². The first-order valence-electron chi connectivity index (χ1n) is 9.67. The molecule has 1 saturated carbocycles. The molecule has 0 heterocycles. The Hall–Kier alpha value is -2.26. The predicted octanol–water partition coefficient (Wildman–Crippen LogP) is 6.61. The van der Waals surface area contributed by atoms with E-state index in [1.54, 1.807) is 6.07 Å². The number of carbonyl (C=O) groups excluding carboxylic acids is 1. The molecule has 2 aromatic carbocycles. The number of carbonyl (C=O) groups is 1. The molecule has 0 unspecified atom stereocenters. The van der Waals surface area contributed by atoms with E-state index in [0.29, 0.717) is 11.6 Å². The van der Waals surface area contributed by atoms with Crippen molar-refractivity contribution in [2.75, 3.05) is 11.9 Å². The van der Waals surface area contributed by atoms with E-state index < -0.39 is 0 Å². The zero-order valence-electron chi connectivity index (χ0n) is 15.8. The first-order valence-corrected chi connectivity index (χ1v) is 10.0. The molecule has 0 bridgehead atoms. The summed E-state index contributed by atoms with van der Waals surface area (Å²) >= 11 is 6.06. The van der Waals surface area contributed by atoms with Crippen molar-refractivity contribution in [2.24, 2.45) is 0 Å². The normalized spacial score (nSPS) is 15.4. The van der Waals surface area contributed by atoms with Gasteiger partial charge in [0.2, 0.25) is 0 Å². The molecule has 2 amide bonds. The molecule has 3 rings (SSSR count). The van der Waals surface area contributed by atoms with Crippen molar-refractivity contribution in [3.05, 3.63) is 70.8 Å². The molecule has 0 aliphatic heterocycles. The number of hydrogen-bond donors (Lipinski definition) is 1. The highest BCUT2D eigenvalue weighted by Crippen LogP contribution is 2.25. The second-order valence-corrected chi connectivity index (χ2v) is 7.70. The van der Waals surface area contributed by atoms with Crippen LogP contribution in [0.3, 0.4) is 0 Å². The number of rotatable bonds is 5. The summed E-state index contributed by atoms with van der Waals surface area (Å²) in [5.41, 5.74) is 3.07. The lowest BCUT2D eigenvalue weighted by atomic mass is 9.94. The maximum absolute atomic E-state index is 13.1. The third kappa shape index (κ3) is 5.86. The third-order valence-corrected chi connectivity index (χ3v) is 5.22. The van der Waals surface area contributed by atoms with Gasteiger partial charge in [0.15, 0.2) is 0 Å². The molecule has 142 valence electrons. The van der Waals surface area contributed by atoms with Crippen LogP contribution < -0.4 is 5.32 Å². The van der Waals surface area contributed by atoms with Crippen LogP contribution >= 0.6 is 11.6 Å². The monoisotopic (exact) mass is 382 g/mol. The van der Waals surface area contributed by atoms with Crippen molar-refractivity contribution in [2.45, 2.75) is 45.1 Å². The number of benzene rings is 2. The van der Waals surface area contributed by atoms with Gasteiger partial charge < -0.3 is 10.2 Å². The van der Waals surface area contributed by atoms with Crippen molar-refractivity contribution in [1.29, 1.82) is 0 Å². The van der Waals surface area contributed by atoms with Crippen LogP contribution in [0.1, 0.15) is 44.6 Å². The average Bonchev–Trinajstić information content (AvgIpc) is 2.67. The lowest BCUT2D eigenvalue weighted by Crippen LogP contribution is -2.44. The Morgan fingerprint density at radius 2 is 1.85 bits per heavy atom. The van der Waals surface area contributed by atoms with E-state index in [1.165, 1.54) is 24.8 Å². The minimum atomic E-state index is -0.0509. The molecule has 4 heteroatoms. The highest BCUT2D eigenvalue weighted by molar-refractivity contribution is 6.30. The van der Waals surface area contributed by atoms with Gasteiger partial charge >= 0.3 is 6.03 Å². The Morgan fingerprint density at radius 3 is 2.56 bits per heavy atom. The Labute approximate surface area is 167 Å². The molecule has 0 spiro atoms. The molecule has 27 heavy (non-hydrogen) atoms. The zero-order chi connectivity index (χ0) is 19.1. The Kier molecular flexibility index (Phi) is 6.94. The summed E-state index contributed by atoms with van der Waals surface area (Å²) in [4.78, 5) is 15.1. The molecular weight excluding hydrogens is 356 g/mol. The summed E-state index contributed by atoms with van der Waals surface area (Å²) in [6.45, 7) is 2.72. The van der Waals surface area contributed by atoms with Crippen LogP contribution in [0.4, 0.5) is 10.5 Å². The van der Waals surface area contributed by atoms with Gasteiger partial charge in [-0.2, -0.15) is 0 Å². The molecule has 3 nitrogen and oxygen atoms in total. The lowest BCUT2D eigenvalue weighted by Gasteiger charge is -2.34. The number of nitrogens with zero attached hydrogens (tertiary/aromatic N) is 1. The lowest BCUT2D eigenvalue weighted by molar-refractivity contribution is 0.174. The van der Waals surface area contributed by atoms with E-state index in [-0.39, 0.29) is 12.1 Å². The molecule has 0 radical (unpaired) electrons. The van der Waals surface area contributed by atoms with Crippen LogP contribution in [-0.2, 0) is 0 Å². The first kappa shape index (κ1) is 19.5. The number of halogens is 1. The first-order chi connectivity index (χ1) is 13.1. The van der Waals surface area contributed by atoms with Crippen LogP contribution in [0.15, 0.2) is 60.2 Å². The van der Waals surface area contributed by atoms with Crippen LogP contribution in [0.2, 0.25) is 5.02 Å². The average molecular weight is 383 g/mol. The maximum atomic E-state index is 13.1. The van der Waals surface area contributed by atoms with Gasteiger partial charge in [-0.1, -0.05) is 78.9 Å². The minimum absolute atomic E-state index is 0.0509. The summed E-state index contributed by atoms with van der Waals surface area (Å²) in [5.74, 6) is 0. The van der Waals surface area contributed by atoms with Crippen molar-refractivity contribution < 1.29 is 4.79 Å². The van der Waals surface area contributed by atoms with Gasteiger partial charge in [-0.3, -0.25) is 0 Å². The summed E-state index contributed by atoms with van der Waals surface area (Å²) in [5, 5.41) is 3.65. The molecule has 1 aliphatic rings. The smallest absolute Gasteiger partial charge is 0.318 e. The van der Waals surface area contributed by atoms with E-state index in [9.17, 15) is 4.79 Å². The number of anilines is 1. The van der Waals surface area contributed by atoms with Crippen LogP contribution in [0, 0.1) is 0 Å². The molecule has 1 aliphatic carbocycles. The third-order valence-electron chi connectivity index (χ3n) is 4.98. The number of nitrogens with one attached hydrogen (secondary N) is 1. The largest absolute Gasteiger partial charge is 0.322 e. The topological polar surface area (TPSA) is 32.3 Å². The number of hydrogen-bond acceptors (Lipinski definition) is 1. The predicted molar refractivity (Wildman–Crippen MR) is 114 cm³/mol. The minimum Gasteiger partial charge on any atom is -0.318 e. The van der Waals surface area contributed by atoms with Gasteiger partial charge in [0.1, 0.15) is 0 Å². The standard InChI is InChI=1S/C23H27ClN2O/c1-18(15-19-9-4-2-5-10-19)17-26(22-13-6-3-7-14-22)23(27)25-21-12-8-11-20(24)16-21/h2,4-5,8-12,15-16,22H,3,6-7,13-14,17H2,1H3,(H,25,27)/b18-15+. The Bertz CT molecular complexity index is 782. The maximum Gasteiger partial charge on any atom is 0.322 e. The van der Waals surface area contributed by atoms with Gasteiger partial charge in [-0.05, 0) is 43.5 Å². The summed E-state index contributed by atoms with van der Waals surface area (Å²) < 4.78 is 0. The fourth-order valence-corrected chi connectivity index (χ4v) is 3.86. The van der Waals surface area contributed by atoms with E-state index in [4.69, 9.17) is 11.6 Å². The van der Waals surface area contributed by atoms with E-state index in [0.717, 1.165) is 24.1 Å². The summed E-state index contributed by atoms with van der Waals surface area (Å²) in [6, 6.07) is 17.8. The fraction of sp³-hybridized carbons (Fsp3) is 0.348. The molecule has 2 aromatic rings. The zero-order valence-corrected chi connectivity index (χ0v) is 16.6. The second kappa shape index (κ2) is 9.61. The van der Waals surface area contributed by atoms with Crippen molar-refractivity contribution in [1.82, 2.24) is 4.90 Å². The molecule has 1 N–H and O–H groups in total. The fourth-order valence-electron chi connectivity index (χ4n) is 3.67. The van der Waals surface area contributed by atoms with E-state index in [2.05, 4.69) is 30.4 Å². The number of urea groups is 1. The molecule has 0 atom stereocenters. The van der Waals surface area contributed by atoms with Crippen LogP contribution in [-0.4, -0.2) is 23.5 Å². The molecule has 1 fully saturated rings. The van der Waals surface area contributed by atoms with E-state index in [1.807, 2.05) is 41.3 Å². The molecule has 0 aromatic heterocycles. The highest BCUT2D eigenvalue weighted by atomic mass is 35.5. The van der Waals surface area contributed by atoms with Crippen molar-refractivity contribution >= 4 is 29.4 Å². The summed E-state index contributed by atoms with van der Waals surface area (Å²) in [6.07, 6.45) is 7.94. The number of amides is 2. The van der Waals surface area contributed by atoms with Gasteiger partial charge in [0, 0.05) is 23.3 Å². The van der Waals surface area contributed by atoms with E-state index >= 15 is 0 Å². The summed E-state index contributed by atoms with van der Waals surface area (Å²) in [7, 11) is 0. The van der Waals surface area contributed by atoms with Crippen molar-refractivity contribution in [3.63, 3.8) is 0 Å².